The molecule has 0 unspecified atom stereocenters. The lowest BCUT2D eigenvalue weighted by atomic mass is 10.1. The van der Waals surface area contributed by atoms with Crippen LogP contribution in [0.2, 0.25) is 0 Å². The van der Waals surface area contributed by atoms with Crippen molar-refractivity contribution in [2.75, 3.05) is 97.6 Å². The van der Waals surface area contributed by atoms with Gasteiger partial charge in [0.05, 0.1) is 81.7 Å². The highest BCUT2D eigenvalue weighted by Crippen LogP contribution is 2.23. The van der Waals surface area contributed by atoms with Gasteiger partial charge in [0.1, 0.15) is 0 Å². The minimum Gasteiger partial charge on any atom is -0.394 e. The number of hydrogen-bond donors (Lipinski definition) is 2. The fourth-order valence-corrected chi connectivity index (χ4v) is 6.27. The second kappa shape index (κ2) is 37.7. The number of benzene rings is 2. The van der Waals surface area contributed by atoms with Crippen molar-refractivity contribution in [3.05, 3.63) is 70.8 Å². The maximum atomic E-state index is 12.1. The fraction of sp³-hybridized carbons (Fsp3) is 0.652. The van der Waals surface area contributed by atoms with E-state index in [1.807, 2.05) is 0 Å². The van der Waals surface area contributed by atoms with Crippen LogP contribution >= 0.6 is 15.9 Å². The Morgan fingerprint density at radius 3 is 1.13 bits per heavy atom. The number of amides is 4. The number of imide groups is 2. The van der Waals surface area contributed by atoms with Gasteiger partial charge in [-0.15, -0.1) is 0 Å². The monoisotopic (exact) mass is 907 g/mol. The van der Waals surface area contributed by atoms with E-state index >= 15 is 0 Å². The lowest BCUT2D eigenvalue weighted by Crippen LogP contribution is -2.33. The molecule has 0 radical (unpaired) electrons. The van der Waals surface area contributed by atoms with Crippen LogP contribution in [0.4, 0.5) is 0 Å². The number of unbranched alkanes of at least 4 members (excludes halogenated alkanes) is 9. The average molecular weight is 909 g/mol. The second-order valence-corrected chi connectivity index (χ2v) is 14.9. The Morgan fingerprint density at radius 2 is 0.800 bits per heavy atom. The largest absolute Gasteiger partial charge is 0.394 e. The summed E-state index contributed by atoms with van der Waals surface area (Å²) < 4.78 is 26.5. The first kappa shape index (κ1) is 54.9. The normalized spacial score (nSPS) is 12.7. The van der Waals surface area contributed by atoms with E-state index in [1.165, 1.54) is 74.0 Å². The molecule has 0 spiro atoms. The predicted octanol–water partition coefficient (Wildman–Crippen LogP) is 7.71. The molecular formula is C46H74BrN3O10. The quantitative estimate of drug-likeness (QED) is 0.0448. The van der Waals surface area contributed by atoms with Gasteiger partial charge in [0, 0.05) is 38.2 Å². The SMILES string of the molecule is CCCCCCOCCO.CCCCCCOCCOCCN.CCCCCCOCCOCCN1C(=O)c2ccccc2C1=O.O=C1c2ccccc2C(=O)N1CCBr. The van der Waals surface area contributed by atoms with E-state index in [-0.39, 0.29) is 36.8 Å². The molecule has 13 nitrogen and oxygen atoms in total. The number of ether oxygens (including phenoxy) is 5. The second-order valence-electron chi connectivity index (χ2n) is 14.1. The molecule has 2 aliphatic rings. The zero-order valence-electron chi connectivity index (χ0n) is 36.7. The Hall–Kier alpha value is -3.08. The van der Waals surface area contributed by atoms with Crippen LogP contribution in [-0.2, 0) is 23.7 Å². The fourth-order valence-electron chi connectivity index (χ4n) is 5.91. The van der Waals surface area contributed by atoms with Gasteiger partial charge in [-0.25, -0.2) is 0 Å². The maximum absolute atomic E-state index is 12.1. The van der Waals surface area contributed by atoms with Gasteiger partial charge in [0.2, 0.25) is 0 Å². The molecule has 4 amide bonds. The van der Waals surface area contributed by atoms with Crippen molar-refractivity contribution in [1.29, 1.82) is 0 Å². The maximum Gasteiger partial charge on any atom is 0.261 e. The first-order chi connectivity index (χ1) is 29.3. The Labute approximate surface area is 368 Å². The van der Waals surface area contributed by atoms with Crippen molar-refractivity contribution >= 4 is 39.6 Å². The molecule has 0 atom stereocenters. The van der Waals surface area contributed by atoms with Crippen LogP contribution < -0.4 is 5.73 Å². The van der Waals surface area contributed by atoms with Crippen molar-refractivity contribution in [1.82, 2.24) is 9.80 Å². The number of rotatable bonds is 30. The molecule has 340 valence electrons. The highest BCUT2D eigenvalue weighted by atomic mass is 79.9. The number of hydrogen-bond acceptors (Lipinski definition) is 11. The van der Waals surface area contributed by atoms with E-state index in [0.717, 1.165) is 32.7 Å². The first-order valence-corrected chi connectivity index (χ1v) is 23.1. The van der Waals surface area contributed by atoms with E-state index < -0.39 is 0 Å². The molecule has 14 heteroatoms. The zero-order chi connectivity index (χ0) is 44.1. The van der Waals surface area contributed by atoms with E-state index in [2.05, 4.69) is 36.7 Å². The van der Waals surface area contributed by atoms with Gasteiger partial charge >= 0.3 is 0 Å². The summed E-state index contributed by atoms with van der Waals surface area (Å²) in [6.45, 7) is 14.3. The highest BCUT2D eigenvalue weighted by Gasteiger charge is 2.35. The van der Waals surface area contributed by atoms with E-state index in [1.54, 1.807) is 48.5 Å². The van der Waals surface area contributed by atoms with Gasteiger partial charge in [0.15, 0.2) is 0 Å². The standard InChI is InChI=1S/C18H25NO4.C10H8BrNO2.C10H23NO2.C8H18O2/c1-2-3-4-7-11-22-13-14-23-12-10-19-17(20)15-8-5-6-9-16(15)18(19)21;11-5-6-12-9(13)7-3-1-2-4-8(7)10(12)14;1-2-3-4-5-7-12-9-10-13-8-6-11;1-2-3-4-5-7-10-8-6-9/h5-6,8-9H,2-4,7,10-14H2,1H3;1-4H,5-6H2;2-11H2,1H3;9H,2-8H2,1H3. The van der Waals surface area contributed by atoms with E-state index in [0.29, 0.717) is 86.9 Å². The number of carbonyl (C=O) groups is 4. The molecule has 2 heterocycles. The summed E-state index contributed by atoms with van der Waals surface area (Å²) in [4.78, 5) is 50.1. The lowest BCUT2D eigenvalue weighted by Gasteiger charge is -2.13. The van der Waals surface area contributed by atoms with Crippen LogP contribution in [0.1, 0.15) is 139 Å². The number of alkyl halides is 1. The van der Waals surface area contributed by atoms with Crippen LogP contribution in [0, 0.1) is 0 Å². The Bertz CT molecular complexity index is 1340. The summed E-state index contributed by atoms with van der Waals surface area (Å²) in [5.41, 5.74) is 7.24. The Kier molecular flexibility index (Phi) is 34.5. The number of fused-ring (bicyclic) bond motifs is 2. The number of nitrogens with zero attached hydrogens (tertiary/aromatic N) is 2. The van der Waals surface area contributed by atoms with Gasteiger partial charge in [0.25, 0.3) is 23.6 Å². The third kappa shape index (κ3) is 23.2. The minimum atomic E-state index is -0.235. The number of nitrogens with two attached hydrogens (primary N) is 1. The molecule has 0 aliphatic carbocycles. The summed E-state index contributed by atoms with van der Waals surface area (Å²) in [6, 6.07) is 13.8. The number of aliphatic hydroxyl groups excluding tert-OH is 1. The van der Waals surface area contributed by atoms with Crippen LogP contribution in [0.3, 0.4) is 0 Å². The van der Waals surface area contributed by atoms with Crippen LogP contribution in [0.5, 0.6) is 0 Å². The third-order valence-electron chi connectivity index (χ3n) is 9.19. The molecule has 3 N–H and O–H groups in total. The van der Waals surface area contributed by atoms with Crippen LogP contribution in [-0.4, -0.2) is 136 Å². The number of halogens is 1. The van der Waals surface area contributed by atoms with Crippen molar-refractivity contribution in [3.63, 3.8) is 0 Å². The van der Waals surface area contributed by atoms with Crippen molar-refractivity contribution < 1.29 is 48.0 Å². The number of carbonyl (C=O) groups excluding carboxylic acids is 4. The average Bonchev–Trinajstić information content (AvgIpc) is 3.66. The van der Waals surface area contributed by atoms with Crippen molar-refractivity contribution in [3.8, 4) is 0 Å². The lowest BCUT2D eigenvalue weighted by molar-refractivity contribution is 0.0346. The molecule has 0 aromatic heterocycles. The van der Waals surface area contributed by atoms with E-state index in [4.69, 9.17) is 34.5 Å². The molecule has 2 aromatic carbocycles. The molecule has 0 fully saturated rings. The molecule has 4 rings (SSSR count). The summed E-state index contributed by atoms with van der Waals surface area (Å²) in [5, 5.41) is 8.95. The summed E-state index contributed by atoms with van der Waals surface area (Å²) >= 11 is 3.21. The van der Waals surface area contributed by atoms with Gasteiger partial charge < -0.3 is 34.5 Å². The molecule has 0 saturated heterocycles. The predicted molar refractivity (Wildman–Crippen MR) is 240 cm³/mol. The zero-order valence-corrected chi connectivity index (χ0v) is 38.3. The van der Waals surface area contributed by atoms with Gasteiger partial charge in [-0.3, -0.25) is 29.0 Å². The first-order valence-electron chi connectivity index (χ1n) is 22.0. The Morgan fingerprint density at radius 1 is 0.467 bits per heavy atom. The minimum absolute atomic E-state index is 0.147. The smallest absolute Gasteiger partial charge is 0.261 e. The summed E-state index contributed by atoms with van der Waals surface area (Å²) in [5.74, 6) is -0.849. The topological polar surface area (TPSA) is 167 Å². The third-order valence-corrected chi connectivity index (χ3v) is 9.55. The molecule has 2 aromatic rings. The van der Waals surface area contributed by atoms with Gasteiger partial charge in [-0.2, -0.15) is 0 Å². The Balaban J connectivity index is 0.000000423. The molecular weight excluding hydrogens is 834 g/mol. The van der Waals surface area contributed by atoms with E-state index in [9.17, 15) is 19.2 Å². The molecule has 60 heavy (non-hydrogen) atoms. The van der Waals surface area contributed by atoms with Gasteiger partial charge in [-0.05, 0) is 43.5 Å². The van der Waals surface area contributed by atoms with Crippen LogP contribution in [0.25, 0.3) is 0 Å². The van der Waals surface area contributed by atoms with Gasteiger partial charge in [-0.1, -0.05) is 119 Å². The van der Waals surface area contributed by atoms with Crippen molar-refractivity contribution in [2.45, 2.75) is 97.8 Å². The number of aliphatic hydroxyl groups is 1. The van der Waals surface area contributed by atoms with Crippen molar-refractivity contribution in [2.24, 2.45) is 5.73 Å². The summed E-state index contributed by atoms with van der Waals surface area (Å²) in [7, 11) is 0. The molecule has 0 bridgehead atoms. The summed E-state index contributed by atoms with van der Waals surface area (Å²) in [6.07, 6.45) is 14.7. The molecule has 2 aliphatic heterocycles. The van der Waals surface area contributed by atoms with Crippen LogP contribution in [0.15, 0.2) is 48.5 Å². The molecule has 0 saturated carbocycles. The highest BCUT2D eigenvalue weighted by molar-refractivity contribution is 9.09.